The molecule has 0 spiro atoms. The Kier molecular flexibility index (Phi) is 12.0. The normalized spacial score (nSPS) is 10.5. The van der Waals surface area contributed by atoms with Gasteiger partial charge in [-0.25, -0.2) is 0 Å². The van der Waals surface area contributed by atoms with E-state index in [1.165, 1.54) is 0 Å². The molecule has 162 valence electrons. The van der Waals surface area contributed by atoms with E-state index in [1.807, 2.05) is 48.5 Å². The summed E-state index contributed by atoms with van der Waals surface area (Å²) in [6.45, 7) is 5.34. The molecule has 0 aromatic heterocycles. The van der Waals surface area contributed by atoms with Gasteiger partial charge >= 0.3 is 0 Å². The van der Waals surface area contributed by atoms with Crippen molar-refractivity contribution in [3.05, 3.63) is 72.3 Å². The monoisotopic (exact) mass is 524 g/mol. The van der Waals surface area contributed by atoms with Crippen LogP contribution in [-0.2, 0) is 17.8 Å². The molecule has 4 N–H and O–H groups in total. The Bertz CT molecular complexity index is 825. The summed E-state index contributed by atoms with van der Waals surface area (Å²) in [6, 6.07) is 15.4. The molecular formula is C22H29IN4O3. The van der Waals surface area contributed by atoms with E-state index in [0.717, 1.165) is 29.8 Å². The lowest BCUT2D eigenvalue weighted by molar-refractivity contribution is -0.119. The van der Waals surface area contributed by atoms with Crippen LogP contribution in [0, 0.1) is 0 Å². The number of hydrogen-bond acceptors (Lipinski definition) is 4. The van der Waals surface area contributed by atoms with Crippen molar-refractivity contribution in [2.24, 2.45) is 10.7 Å². The minimum absolute atomic E-state index is 0. The minimum Gasteiger partial charge on any atom is -0.489 e. The molecule has 0 atom stereocenters. The number of hydrogen-bond donors (Lipinski definition) is 3. The number of carbonyl (C=O) groups excluding carboxylic acids is 1. The average molecular weight is 524 g/mol. The fourth-order valence-electron chi connectivity index (χ4n) is 2.57. The number of rotatable bonds is 11. The van der Waals surface area contributed by atoms with Crippen molar-refractivity contribution in [1.82, 2.24) is 10.6 Å². The Labute approximate surface area is 194 Å². The number of nitrogens with two attached hydrogens (primary N) is 1. The number of carbonyl (C=O) groups is 1. The first-order chi connectivity index (χ1) is 14.1. The van der Waals surface area contributed by atoms with Crippen molar-refractivity contribution >= 4 is 35.8 Å². The third-order valence-electron chi connectivity index (χ3n) is 4.01. The second-order valence-electron chi connectivity index (χ2n) is 6.21. The number of halogens is 1. The second kappa shape index (κ2) is 14.3. The number of nitrogens with zero attached hydrogens (tertiary/aromatic N) is 1. The summed E-state index contributed by atoms with van der Waals surface area (Å²) in [7, 11) is 1.74. The van der Waals surface area contributed by atoms with Gasteiger partial charge in [-0.2, -0.15) is 0 Å². The van der Waals surface area contributed by atoms with Crippen LogP contribution < -0.4 is 25.8 Å². The number of guanidine groups is 1. The van der Waals surface area contributed by atoms with Crippen LogP contribution in [0.4, 0.5) is 0 Å². The SMILES string of the molecule is C=CCOc1ccccc1CNC(=NC)NCCc1ccc(OCC(N)=O)cc1.I. The van der Waals surface area contributed by atoms with Crippen LogP contribution >= 0.6 is 24.0 Å². The lowest BCUT2D eigenvalue weighted by Crippen LogP contribution is -2.37. The molecule has 7 nitrogen and oxygen atoms in total. The number of primary amides is 1. The van der Waals surface area contributed by atoms with E-state index in [2.05, 4.69) is 22.2 Å². The molecule has 0 heterocycles. The molecule has 1 amide bonds. The molecule has 0 saturated carbocycles. The summed E-state index contributed by atoms with van der Waals surface area (Å²) < 4.78 is 10.9. The standard InChI is InChI=1S/C22H28N4O3.HI/c1-3-14-28-20-7-5-4-6-18(20)15-26-22(24-2)25-13-12-17-8-10-19(11-9-17)29-16-21(23)27;/h3-11H,1,12-16H2,2H3,(H2,23,27)(H2,24,25,26);1H. The van der Waals surface area contributed by atoms with Crippen molar-refractivity contribution in [2.75, 3.05) is 26.8 Å². The predicted octanol–water partition coefficient (Wildman–Crippen LogP) is 2.64. The van der Waals surface area contributed by atoms with Crippen LogP contribution in [0.2, 0.25) is 0 Å². The fraction of sp³-hybridized carbons (Fsp3) is 0.273. The number of benzene rings is 2. The highest BCUT2D eigenvalue weighted by Crippen LogP contribution is 2.17. The maximum Gasteiger partial charge on any atom is 0.255 e. The molecule has 0 radical (unpaired) electrons. The van der Waals surface area contributed by atoms with Crippen molar-refractivity contribution in [2.45, 2.75) is 13.0 Å². The lowest BCUT2D eigenvalue weighted by Gasteiger charge is -2.14. The maximum atomic E-state index is 10.7. The molecule has 0 bridgehead atoms. The van der Waals surface area contributed by atoms with Crippen LogP contribution in [0.15, 0.2) is 66.2 Å². The van der Waals surface area contributed by atoms with Gasteiger partial charge < -0.3 is 25.8 Å². The van der Waals surface area contributed by atoms with Gasteiger partial charge in [0.2, 0.25) is 0 Å². The molecule has 30 heavy (non-hydrogen) atoms. The maximum absolute atomic E-state index is 10.7. The van der Waals surface area contributed by atoms with Crippen molar-refractivity contribution in [3.63, 3.8) is 0 Å². The van der Waals surface area contributed by atoms with Crippen molar-refractivity contribution < 1.29 is 14.3 Å². The van der Waals surface area contributed by atoms with E-state index in [9.17, 15) is 4.79 Å². The first-order valence-electron chi connectivity index (χ1n) is 9.38. The van der Waals surface area contributed by atoms with E-state index in [4.69, 9.17) is 15.2 Å². The van der Waals surface area contributed by atoms with Crippen molar-refractivity contribution in [3.8, 4) is 11.5 Å². The minimum atomic E-state index is -0.493. The number of para-hydroxylation sites is 1. The van der Waals surface area contributed by atoms with Gasteiger partial charge in [0.25, 0.3) is 5.91 Å². The van der Waals surface area contributed by atoms with Crippen LogP contribution in [0.3, 0.4) is 0 Å². The van der Waals surface area contributed by atoms with Gasteiger partial charge in [0.05, 0.1) is 0 Å². The topological polar surface area (TPSA) is 98.0 Å². The van der Waals surface area contributed by atoms with Crippen LogP contribution in [0.5, 0.6) is 11.5 Å². The summed E-state index contributed by atoms with van der Waals surface area (Å²) >= 11 is 0. The Balaban J connectivity index is 0.00000450. The lowest BCUT2D eigenvalue weighted by atomic mass is 10.1. The molecule has 0 unspecified atom stereocenters. The zero-order valence-electron chi connectivity index (χ0n) is 17.1. The summed E-state index contributed by atoms with van der Waals surface area (Å²) in [5, 5.41) is 6.59. The van der Waals surface area contributed by atoms with Crippen molar-refractivity contribution in [1.29, 1.82) is 0 Å². The van der Waals surface area contributed by atoms with Gasteiger partial charge in [0.1, 0.15) is 18.1 Å². The molecule has 0 aliphatic heterocycles. The number of ether oxygens (including phenoxy) is 2. The second-order valence-corrected chi connectivity index (χ2v) is 6.21. The summed E-state index contributed by atoms with van der Waals surface area (Å²) in [5.74, 6) is 1.67. The number of aliphatic imine (C=N–C) groups is 1. The molecular weight excluding hydrogens is 495 g/mol. The summed E-state index contributed by atoms with van der Waals surface area (Å²) in [5.41, 5.74) is 7.26. The van der Waals surface area contributed by atoms with Crippen LogP contribution in [-0.4, -0.2) is 38.7 Å². The molecule has 0 saturated heterocycles. The molecule has 0 aliphatic carbocycles. The molecule has 0 aliphatic rings. The Morgan fingerprint density at radius 3 is 2.53 bits per heavy atom. The highest BCUT2D eigenvalue weighted by atomic mass is 127. The molecule has 0 fully saturated rings. The largest absolute Gasteiger partial charge is 0.489 e. The van der Waals surface area contributed by atoms with E-state index in [1.54, 1.807) is 13.1 Å². The Morgan fingerprint density at radius 1 is 1.13 bits per heavy atom. The molecule has 2 rings (SSSR count). The smallest absolute Gasteiger partial charge is 0.255 e. The van der Waals surface area contributed by atoms with Gasteiger partial charge in [-0.3, -0.25) is 9.79 Å². The quantitative estimate of drug-likeness (QED) is 0.182. The highest BCUT2D eigenvalue weighted by Gasteiger charge is 2.04. The zero-order valence-corrected chi connectivity index (χ0v) is 19.4. The van der Waals surface area contributed by atoms with E-state index in [0.29, 0.717) is 24.9 Å². The summed E-state index contributed by atoms with van der Waals surface area (Å²) in [6.07, 6.45) is 2.54. The van der Waals surface area contributed by atoms with Gasteiger partial charge in [-0.15, -0.1) is 24.0 Å². The van der Waals surface area contributed by atoms with Gasteiger partial charge in [-0.1, -0.05) is 43.0 Å². The first-order valence-corrected chi connectivity index (χ1v) is 9.38. The van der Waals surface area contributed by atoms with Gasteiger partial charge in [0.15, 0.2) is 12.6 Å². The Hall–Kier alpha value is -2.75. The number of nitrogens with one attached hydrogen (secondary N) is 2. The molecule has 8 heteroatoms. The zero-order chi connectivity index (χ0) is 20.9. The van der Waals surface area contributed by atoms with Gasteiger partial charge in [-0.05, 0) is 30.2 Å². The highest BCUT2D eigenvalue weighted by molar-refractivity contribution is 14.0. The molecule has 2 aromatic rings. The fourth-order valence-corrected chi connectivity index (χ4v) is 2.57. The van der Waals surface area contributed by atoms with E-state index < -0.39 is 5.91 Å². The summed E-state index contributed by atoms with van der Waals surface area (Å²) in [4.78, 5) is 15.0. The number of amides is 1. The van der Waals surface area contributed by atoms with Gasteiger partial charge in [0, 0.05) is 25.7 Å². The Morgan fingerprint density at radius 2 is 1.87 bits per heavy atom. The first kappa shape index (κ1) is 25.3. The van der Waals surface area contributed by atoms with Crippen LogP contribution in [0.1, 0.15) is 11.1 Å². The molecule has 2 aromatic carbocycles. The third kappa shape index (κ3) is 9.17. The third-order valence-corrected chi connectivity index (χ3v) is 4.01. The van der Waals surface area contributed by atoms with Crippen LogP contribution in [0.25, 0.3) is 0 Å². The predicted molar refractivity (Wildman–Crippen MR) is 131 cm³/mol. The van der Waals surface area contributed by atoms with E-state index >= 15 is 0 Å². The van der Waals surface area contributed by atoms with E-state index in [-0.39, 0.29) is 30.6 Å². The average Bonchev–Trinajstić information content (AvgIpc) is 2.74.